The van der Waals surface area contributed by atoms with Crippen molar-refractivity contribution < 1.29 is 9.47 Å². The van der Waals surface area contributed by atoms with Gasteiger partial charge in [0.05, 0.1) is 13.2 Å². The molecule has 2 N–H and O–H groups in total. The Morgan fingerprint density at radius 3 is 2.68 bits per heavy atom. The number of benzene rings is 2. The van der Waals surface area contributed by atoms with Gasteiger partial charge in [-0.3, -0.25) is 4.99 Å². The lowest BCUT2D eigenvalue weighted by Crippen LogP contribution is -2.46. The smallest absolute Gasteiger partial charge is 0.191 e. The molecule has 4 rings (SSSR count). The molecule has 148 valence electrons. The quantitative estimate of drug-likeness (QED) is 0.618. The van der Waals surface area contributed by atoms with Crippen molar-refractivity contribution >= 4 is 5.96 Å². The van der Waals surface area contributed by atoms with Gasteiger partial charge >= 0.3 is 0 Å². The van der Waals surface area contributed by atoms with Crippen LogP contribution in [0.3, 0.4) is 0 Å². The first kappa shape index (κ1) is 18.7. The van der Waals surface area contributed by atoms with E-state index < -0.39 is 0 Å². The molecule has 2 aromatic carbocycles. The Bertz CT molecular complexity index is 843. The molecule has 1 aliphatic heterocycles. The highest BCUT2D eigenvalue weighted by Gasteiger charge is 2.43. The van der Waals surface area contributed by atoms with Gasteiger partial charge in [0.1, 0.15) is 17.1 Å². The summed E-state index contributed by atoms with van der Waals surface area (Å²) in [5, 5.41) is 7.07. The molecule has 28 heavy (non-hydrogen) atoms. The van der Waals surface area contributed by atoms with Crippen LogP contribution in [0.15, 0.2) is 53.5 Å². The van der Waals surface area contributed by atoms with Gasteiger partial charge in [-0.15, -0.1) is 0 Å². The van der Waals surface area contributed by atoms with E-state index in [0.29, 0.717) is 6.54 Å². The van der Waals surface area contributed by atoms with Gasteiger partial charge in [0, 0.05) is 31.1 Å². The Hall–Kier alpha value is -2.69. The van der Waals surface area contributed by atoms with E-state index in [-0.39, 0.29) is 11.6 Å². The zero-order valence-electron chi connectivity index (χ0n) is 16.7. The van der Waals surface area contributed by atoms with Crippen LogP contribution in [0, 0.1) is 0 Å². The van der Waals surface area contributed by atoms with Crippen LogP contribution in [0.25, 0.3) is 0 Å². The van der Waals surface area contributed by atoms with Crippen LogP contribution in [0.2, 0.25) is 0 Å². The van der Waals surface area contributed by atoms with Crippen LogP contribution in [0.4, 0.5) is 0 Å². The molecule has 1 atom stereocenters. The molecule has 1 aliphatic carbocycles. The van der Waals surface area contributed by atoms with Crippen LogP contribution in [0.5, 0.6) is 11.5 Å². The fourth-order valence-corrected chi connectivity index (χ4v) is 4.46. The molecule has 0 radical (unpaired) electrons. The highest BCUT2D eigenvalue weighted by molar-refractivity contribution is 5.80. The third-order valence-corrected chi connectivity index (χ3v) is 5.89. The van der Waals surface area contributed by atoms with Gasteiger partial charge < -0.3 is 20.1 Å². The summed E-state index contributed by atoms with van der Waals surface area (Å²) in [5.74, 6) is 2.68. The maximum absolute atomic E-state index is 6.47. The number of guanidine groups is 1. The molecule has 0 bridgehead atoms. The van der Waals surface area contributed by atoms with Gasteiger partial charge in [0.25, 0.3) is 0 Å². The van der Waals surface area contributed by atoms with Crippen molar-refractivity contribution in [3.8, 4) is 11.5 Å². The summed E-state index contributed by atoms with van der Waals surface area (Å²) in [7, 11) is 3.51. The third-order valence-electron chi connectivity index (χ3n) is 5.89. The number of aliphatic imine (C=N–C) groups is 1. The van der Waals surface area contributed by atoms with Crippen molar-refractivity contribution in [1.82, 2.24) is 10.6 Å². The van der Waals surface area contributed by atoms with Crippen molar-refractivity contribution in [2.75, 3.05) is 14.2 Å². The minimum absolute atomic E-state index is 0.0342. The number of hydrogen-bond donors (Lipinski definition) is 2. The Balaban J connectivity index is 1.49. The van der Waals surface area contributed by atoms with Crippen LogP contribution in [-0.2, 0) is 6.54 Å². The second kappa shape index (κ2) is 8.13. The summed E-state index contributed by atoms with van der Waals surface area (Å²) in [6, 6.07) is 16.6. The number of rotatable bonds is 4. The first-order valence-electron chi connectivity index (χ1n) is 10.1. The molecule has 1 fully saturated rings. The number of nitrogens with zero attached hydrogens (tertiary/aromatic N) is 1. The SMILES string of the molecule is CN=C(NCc1ccccc1OC)NC1CC2(CCCC2)Oc2ccccc21. The summed E-state index contributed by atoms with van der Waals surface area (Å²) in [4.78, 5) is 4.45. The van der Waals surface area contributed by atoms with Gasteiger partial charge in [-0.2, -0.15) is 0 Å². The standard InChI is InChI=1S/C23H29N3O2/c1-24-22(25-16-17-9-3-5-11-20(17)27-2)26-19-15-23(13-7-8-14-23)28-21-12-6-4-10-18(19)21/h3-6,9-12,19H,7-8,13-16H2,1-2H3,(H2,24,25,26). The maximum atomic E-state index is 6.47. The number of hydrogen-bond acceptors (Lipinski definition) is 3. The van der Waals surface area contributed by atoms with Gasteiger partial charge in [-0.05, 0) is 37.8 Å². The van der Waals surface area contributed by atoms with Crippen molar-refractivity contribution in [2.24, 2.45) is 4.99 Å². The number of para-hydroxylation sites is 2. The van der Waals surface area contributed by atoms with Gasteiger partial charge in [0.2, 0.25) is 0 Å². The van der Waals surface area contributed by atoms with E-state index in [9.17, 15) is 0 Å². The molecular weight excluding hydrogens is 350 g/mol. The lowest BCUT2D eigenvalue weighted by atomic mass is 9.86. The van der Waals surface area contributed by atoms with Crippen LogP contribution in [-0.4, -0.2) is 25.7 Å². The van der Waals surface area contributed by atoms with E-state index in [1.54, 1.807) is 7.11 Å². The Kier molecular flexibility index (Phi) is 5.42. The Morgan fingerprint density at radius 1 is 1.14 bits per heavy atom. The minimum Gasteiger partial charge on any atom is -0.496 e. The van der Waals surface area contributed by atoms with Gasteiger partial charge in [0.15, 0.2) is 5.96 Å². The summed E-state index contributed by atoms with van der Waals surface area (Å²) in [6.45, 7) is 0.652. The van der Waals surface area contributed by atoms with Gasteiger partial charge in [-0.1, -0.05) is 36.4 Å². The zero-order valence-corrected chi connectivity index (χ0v) is 16.7. The summed E-state index contributed by atoms with van der Waals surface area (Å²) >= 11 is 0. The van der Waals surface area contributed by atoms with Crippen LogP contribution >= 0.6 is 0 Å². The monoisotopic (exact) mass is 379 g/mol. The molecule has 0 aromatic heterocycles. The molecule has 2 aromatic rings. The molecule has 1 saturated carbocycles. The summed E-state index contributed by atoms with van der Waals surface area (Å²) < 4.78 is 11.9. The summed E-state index contributed by atoms with van der Waals surface area (Å²) in [6.07, 6.45) is 5.73. The molecule has 1 spiro atoms. The van der Waals surface area contributed by atoms with Crippen molar-refractivity contribution in [3.05, 3.63) is 59.7 Å². The molecule has 2 aliphatic rings. The molecule has 0 amide bonds. The highest BCUT2D eigenvalue weighted by Crippen LogP contribution is 2.46. The predicted molar refractivity (Wildman–Crippen MR) is 112 cm³/mol. The topological polar surface area (TPSA) is 54.9 Å². The lowest BCUT2D eigenvalue weighted by Gasteiger charge is -2.40. The van der Waals surface area contributed by atoms with Crippen molar-refractivity contribution in [2.45, 2.75) is 50.3 Å². The highest BCUT2D eigenvalue weighted by atomic mass is 16.5. The second-order valence-electron chi connectivity index (χ2n) is 7.67. The van der Waals surface area contributed by atoms with Crippen LogP contribution < -0.4 is 20.1 Å². The number of methoxy groups -OCH3 is 1. The normalized spacial score (nSPS) is 20.4. The molecular formula is C23H29N3O2. The van der Waals surface area contributed by atoms with Crippen molar-refractivity contribution in [3.63, 3.8) is 0 Å². The first-order chi connectivity index (χ1) is 13.7. The van der Waals surface area contributed by atoms with E-state index >= 15 is 0 Å². The largest absolute Gasteiger partial charge is 0.496 e. The minimum atomic E-state index is -0.0342. The van der Waals surface area contributed by atoms with E-state index in [1.165, 1.54) is 18.4 Å². The fraction of sp³-hybridized carbons (Fsp3) is 0.435. The summed E-state index contributed by atoms with van der Waals surface area (Å²) in [5.41, 5.74) is 2.28. The van der Waals surface area contributed by atoms with Crippen LogP contribution in [0.1, 0.15) is 49.3 Å². The number of nitrogens with one attached hydrogen (secondary N) is 2. The maximum Gasteiger partial charge on any atom is 0.191 e. The molecule has 0 saturated heterocycles. The molecule has 5 nitrogen and oxygen atoms in total. The second-order valence-corrected chi connectivity index (χ2v) is 7.67. The average Bonchev–Trinajstić information content (AvgIpc) is 3.18. The predicted octanol–water partition coefficient (Wildman–Crippen LogP) is 4.20. The van der Waals surface area contributed by atoms with E-state index in [0.717, 1.165) is 42.3 Å². The lowest BCUT2D eigenvalue weighted by molar-refractivity contribution is 0.0396. The van der Waals surface area contributed by atoms with E-state index in [1.807, 2.05) is 25.2 Å². The average molecular weight is 380 g/mol. The Morgan fingerprint density at radius 2 is 1.89 bits per heavy atom. The van der Waals surface area contributed by atoms with Crippen molar-refractivity contribution in [1.29, 1.82) is 0 Å². The third kappa shape index (κ3) is 3.79. The molecule has 1 unspecified atom stereocenters. The number of fused-ring (bicyclic) bond motifs is 1. The van der Waals surface area contributed by atoms with Gasteiger partial charge in [-0.25, -0.2) is 0 Å². The fourth-order valence-electron chi connectivity index (χ4n) is 4.46. The first-order valence-corrected chi connectivity index (χ1v) is 10.1. The van der Waals surface area contributed by atoms with E-state index in [4.69, 9.17) is 9.47 Å². The number of ether oxygens (including phenoxy) is 2. The molecule has 5 heteroatoms. The molecule has 1 heterocycles. The van der Waals surface area contributed by atoms with E-state index in [2.05, 4.69) is 46.0 Å². The Labute approximate surface area is 167 Å². The zero-order chi connectivity index (χ0) is 19.4.